The molecular weight excluding hydrogens is 646 g/mol. The van der Waals surface area contributed by atoms with Crippen molar-refractivity contribution in [3.05, 3.63) is 136 Å². The van der Waals surface area contributed by atoms with Crippen LogP contribution in [0.3, 0.4) is 0 Å². The van der Waals surface area contributed by atoms with Crippen LogP contribution in [0.5, 0.6) is 0 Å². The molecule has 0 N–H and O–H groups in total. The van der Waals surface area contributed by atoms with Crippen LogP contribution < -0.4 is 14.9 Å². The molecule has 6 rings (SSSR count). The summed E-state index contributed by atoms with van der Waals surface area (Å²) in [5.41, 5.74) is 0.855. The molecular formula is C33H24Cl2F3N3O3S. The molecule has 0 radical (unpaired) electrons. The minimum Gasteiger partial charge on any atom is -0.463 e. The molecule has 0 bridgehead atoms. The number of carbonyl (C=O) groups excluding carboxylic acids is 1. The van der Waals surface area contributed by atoms with E-state index in [1.54, 1.807) is 6.08 Å². The predicted octanol–water partition coefficient (Wildman–Crippen LogP) is 6.96. The molecule has 0 saturated heterocycles. The number of esters is 1. The SMILES string of the molecule is CCOC(=O)C1=C(C(F)(F)F)N=c2s/c(=C\c3c(C)n(Cc4ccccc4Cl)c4ccccc34)c(=O)n2[C@H]1c1ccc(Cl)cc1. The summed E-state index contributed by atoms with van der Waals surface area (Å²) in [6.45, 7) is 3.71. The lowest BCUT2D eigenvalue weighted by Crippen LogP contribution is -2.41. The molecule has 6 nitrogen and oxygen atoms in total. The summed E-state index contributed by atoms with van der Waals surface area (Å²) < 4.78 is 51.8. The first kappa shape index (κ1) is 30.9. The number of nitrogens with zero attached hydrogens (tertiary/aromatic N) is 3. The van der Waals surface area contributed by atoms with Gasteiger partial charge in [0.05, 0.1) is 22.8 Å². The van der Waals surface area contributed by atoms with E-state index in [-0.39, 0.29) is 21.5 Å². The van der Waals surface area contributed by atoms with Crippen molar-refractivity contribution in [2.24, 2.45) is 4.99 Å². The van der Waals surface area contributed by atoms with Crippen molar-refractivity contribution in [1.29, 1.82) is 0 Å². The first-order valence-corrected chi connectivity index (χ1v) is 15.4. The second-order valence-corrected chi connectivity index (χ2v) is 12.2. The molecule has 0 unspecified atom stereocenters. The van der Waals surface area contributed by atoms with Crippen molar-refractivity contribution in [3.8, 4) is 0 Å². The quantitative estimate of drug-likeness (QED) is 0.184. The largest absolute Gasteiger partial charge is 0.463 e. The molecule has 3 heterocycles. The Kier molecular flexibility index (Phi) is 8.24. The van der Waals surface area contributed by atoms with Gasteiger partial charge in [-0.3, -0.25) is 9.36 Å². The third-order valence-corrected chi connectivity index (χ3v) is 9.23. The summed E-state index contributed by atoms with van der Waals surface area (Å²) in [4.78, 5) is 30.9. The number of rotatable bonds is 6. The topological polar surface area (TPSA) is 65.6 Å². The highest BCUT2D eigenvalue weighted by Gasteiger charge is 2.45. The minimum absolute atomic E-state index is 0.156. The second kappa shape index (κ2) is 12.0. The van der Waals surface area contributed by atoms with E-state index >= 15 is 0 Å². The van der Waals surface area contributed by atoms with Crippen molar-refractivity contribution < 1.29 is 22.7 Å². The number of halogens is 5. The van der Waals surface area contributed by atoms with Crippen LogP contribution in [0.4, 0.5) is 13.2 Å². The molecule has 12 heteroatoms. The monoisotopic (exact) mass is 669 g/mol. The Hall–Kier alpha value is -4.12. The van der Waals surface area contributed by atoms with E-state index in [1.165, 1.54) is 31.2 Å². The molecule has 45 heavy (non-hydrogen) atoms. The zero-order valence-electron chi connectivity index (χ0n) is 23.9. The van der Waals surface area contributed by atoms with Crippen LogP contribution >= 0.6 is 34.5 Å². The summed E-state index contributed by atoms with van der Waals surface area (Å²) in [5, 5.41) is 1.81. The van der Waals surface area contributed by atoms with Crippen molar-refractivity contribution in [2.75, 3.05) is 6.61 Å². The Balaban J connectivity index is 1.60. The number of alkyl halides is 3. The third-order valence-electron chi connectivity index (χ3n) is 7.62. The van der Waals surface area contributed by atoms with Gasteiger partial charge in [0.15, 0.2) is 10.5 Å². The number of aromatic nitrogens is 2. The second-order valence-electron chi connectivity index (χ2n) is 10.3. The Morgan fingerprint density at radius 1 is 1.04 bits per heavy atom. The molecule has 230 valence electrons. The van der Waals surface area contributed by atoms with Gasteiger partial charge in [-0.2, -0.15) is 13.2 Å². The Bertz CT molecular complexity index is 2180. The van der Waals surface area contributed by atoms with E-state index in [1.807, 2.05) is 55.5 Å². The molecule has 0 spiro atoms. The summed E-state index contributed by atoms with van der Waals surface area (Å²) >= 11 is 13.4. The van der Waals surface area contributed by atoms with E-state index in [0.29, 0.717) is 16.6 Å². The summed E-state index contributed by atoms with van der Waals surface area (Å²) in [6.07, 6.45) is -3.32. The fourth-order valence-corrected chi connectivity index (χ4v) is 6.88. The molecule has 1 atom stereocenters. The van der Waals surface area contributed by atoms with Gasteiger partial charge in [0.1, 0.15) is 0 Å². The Morgan fingerprint density at radius 2 is 1.73 bits per heavy atom. The highest BCUT2D eigenvalue weighted by molar-refractivity contribution is 7.07. The number of hydrogen-bond acceptors (Lipinski definition) is 5. The maximum atomic E-state index is 14.4. The number of carbonyl (C=O) groups is 1. The fraction of sp³-hybridized carbons (Fsp3) is 0.182. The van der Waals surface area contributed by atoms with Crippen molar-refractivity contribution >= 4 is 57.5 Å². The standard InChI is InChI=1S/C33H24Cl2F3N3O3S/c1-3-44-31(43)27-28(19-12-14-21(34)15-13-19)41-30(42)26(45-32(41)39-29(27)33(36,37)38)16-23-18(2)40(25-11-7-5-9-22(23)25)17-20-8-4-6-10-24(20)35/h4-16,28H,3,17H2,1-2H3/b26-16-/t28-/m0/s1. The average molecular weight is 671 g/mol. The molecule has 2 aromatic heterocycles. The molecule has 1 aliphatic rings. The first-order valence-electron chi connectivity index (χ1n) is 13.9. The van der Waals surface area contributed by atoms with Crippen molar-refractivity contribution in [3.63, 3.8) is 0 Å². The van der Waals surface area contributed by atoms with Gasteiger partial charge in [0.2, 0.25) is 0 Å². The lowest BCUT2D eigenvalue weighted by Gasteiger charge is -2.26. The minimum atomic E-state index is -5.00. The Morgan fingerprint density at radius 3 is 2.42 bits per heavy atom. The van der Waals surface area contributed by atoms with Gasteiger partial charge < -0.3 is 9.30 Å². The molecule has 3 aromatic carbocycles. The van der Waals surface area contributed by atoms with Gasteiger partial charge >= 0.3 is 12.1 Å². The zero-order chi connectivity index (χ0) is 32.0. The van der Waals surface area contributed by atoms with E-state index in [2.05, 4.69) is 9.56 Å². The van der Waals surface area contributed by atoms with Crippen LogP contribution in [0.1, 0.15) is 35.3 Å². The predicted molar refractivity (Wildman–Crippen MR) is 169 cm³/mol. The fourth-order valence-electron chi connectivity index (χ4n) is 5.57. The molecule has 0 aliphatic carbocycles. The third kappa shape index (κ3) is 5.62. The van der Waals surface area contributed by atoms with Gasteiger partial charge in [-0.1, -0.05) is 83.1 Å². The number of hydrogen-bond donors (Lipinski definition) is 0. The lowest BCUT2D eigenvalue weighted by molar-refractivity contribution is -0.140. The number of fused-ring (bicyclic) bond motifs is 2. The lowest BCUT2D eigenvalue weighted by atomic mass is 9.95. The van der Waals surface area contributed by atoms with Crippen molar-refractivity contribution in [2.45, 2.75) is 32.6 Å². The highest BCUT2D eigenvalue weighted by Crippen LogP contribution is 2.38. The molecule has 1 aliphatic heterocycles. The van der Waals surface area contributed by atoms with Crippen LogP contribution in [0, 0.1) is 6.92 Å². The van der Waals surface area contributed by atoms with Crippen LogP contribution in [-0.2, 0) is 16.1 Å². The van der Waals surface area contributed by atoms with Crippen LogP contribution in [0.2, 0.25) is 10.0 Å². The number of ether oxygens (including phenoxy) is 1. The first-order chi connectivity index (χ1) is 21.5. The van der Waals surface area contributed by atoms with E-state index in [0.717, 1.165) is 43.6 Å². The number of benzene rings is 3. The van der Waals surface area contributed by atoms with E-state index < -0.39 is 35.0 Å². The van der Waals surface area contributed by atoms with Gasteiger partial charge in [0, 0.05) is 38.8 Å². The van der Waals surface area contributed by atoms with Gasteiger partial charge in [-0.05, 0) is 55.3 Å². The van der Waals surface area contributed by atoms with Gasteiger partial charge in [-0.25, -0.2) is 9.79 Å². The molecule has 5 aromatic rings. The summed E-state index contributed by atoms with van der Waals surface area (Å²) in [6, 6.07) is 19.7. The van der Waals surface area contributed by atoms with E-state index in [4.69, 9.17) is 27.9 Å². The van der Waals surface area contributed by atoms with E-state index in [9.17, 15) is 22.8 Å². The van der Waals surface area contributed by atoms with Gasteiger partial charge in [0.25, 0.3) is 5.56 Å². The Labute approximate surface area is 268 Å². The van der Waals surface area contributed by atoms with Crippen LogP contribution in [0.15, 0.2) is 93.9 Å². The summed E-state index contributed by atoms with van der Waals surface area (Å²) in [7, 11) is 0. The smallest absolute Gasteiger partial charge is 0.434 e. The number of para-hydroxylation sites is 1. The average Bonchev–Trinajstić information content (AvgIpc) is 3.46. The zero-order valence-corrected chi connectivity index (χ0v) is 26.2. The highest BCUT2D eigenvalue weighted by atomic mass is 35.5. The molecule has 0 amide bonds. The summed E-state index contributed by atoms with van der Waals surface area (Å²) in [5.74, 6) is -1.21. The molecule has 0 saturated carbocycles. The van der Waals surface area contributed by atoms with Crippen LogP contribution in [0.25, 0.3) is 17.0 Å². The number of allylic oxidation sites excluding steroid dienone is 1. The van der Waals surface area contributed by atoms with Gasteiger partial charge in [-0.15, -0.1) is 0 Å². The van der Waals surface area contributed by atoms with Crippen molar-refractivity contribution in [1.82, 2.24) is 9.13 Å². The molecule has 0 fully saturated rings. The number of thiazole rings is 1. The maximum absolute atomic E-state index is 14.4. The maximum Gasteiger partial charge on any atom is 0.434 e. The van der Waals surface area contributed by atoms with Crippen LogP contribution in [-0.4, -0.2) is 27.9 Å². The normalized spacial score (nSPS) is 15.4.